The van der Waals surface area contributed by atoms with Gasteiger partial charge in [-0.25, -0.2) is 0 Å². The molecule has 1 N–H and O–H groups in total. The molecule has 16 heavy (non-hydrogen) atoms. The Morgan fingerprint density at radius 2 is 2.06 bits per heavy atom. The van der Waals surface area contributed by atoms with Crippen molar-refractivity contribution >= 4 is 5.91 Å². The highest BCUT2D eigenvalue weighted by molar-refractivity contribution is 5.79. The minimum Gasteiger partial charge on any atom is -0.381 e. The second-order valence-corrected chi connectivity index (χ2v) is 5.18. The first-order chi connectivity index (χ1) is 7.81. The van der Waals surface area contributed by atoms with Gasteiger partial charge in [-0.1, -0.05) is 12.8 Å². The fraction of sp³-hybridized carbons (Fsp3) is 0.923. The van der Waals surface area contributed by atoms with E-state index in [0.29, 0.717) is 17.9 Å². The van der Waals surface area contributed by atoms with E-state index >= 15 is 0 Å². The van der Waals surface area contributed by atoms with Crippen molar-refractivity contribution in [3.63, 3.8) is 0 Å². The van der Waals surface area contributed by atoms with E-state index < -0.39 is 0 Å². The molecule has 1 heterocycles. The minimum absolute atomic E-state index is 0.250. The average molecular weight is 225 g/mol. The molecule has 2 fully saturated rings. The van der Waals surface area contributed by atoms with Crippen LogP contribution in [-0.4, -0.2) is 25.7 Å². The maximum absolute atomic E-state index is 12.0. The summed E-state index contributed by atoms with van der Waals surface area (Å²) in [5.41, 5.74) is 0. The van der Waals surface area contributed by atoms with Crippen molar-refractivity contribution in [2.24, 2.45) is 11.8 Å². The molecule has 0 aromatic heterocycles. The predicted octanol–water partition coefficient (Wildman–Crippen LogP) is 2.11. The molecule has 0 bridgehead atoms. The fourth-order valence-corrected chi connectivity index (χ4v) is 3.17. The Hall–Kier alpha value is -0.570. The van der Waals surface area contributed by atoms with Crippen molar-refractivity contribution in [1.29, 1.82) is 0 Å². The number of hydrogen-bond donors (Lipinski definition) is 1. The van der Waals surface area contributed by atoms with E-state index in [0.717, 1.165) is 25.8 Å². The van der Waals surface area contributed by atoms with E-state index in [2.05, 4.69) is 5.32 Å². The second kappa shape index (κ2) is 5.67. The first-order valence-corrected chi connectivity index (χ1v) is 6.61. The molecular formula is C13H23NO2. The number of amides is 1. The summed E-state index contributed by atoms with van der Waals surface area (Å²) in [6, 6.07) is 0. The first kappa shape index (κ1) is 11.9. The second-order valence-electron chi connectivity index (χ2n) is 5.18. The summed E-state index contributed by atoms with van der Waals surface area (Å²) in [6.07, 6.45) is 8.46. The Morgan fingerprint density at radius 3 is 2.88 bits per heavy atom. The van der Waals surface area contributed by atoms with Crippen molar-refractivity contribution in [2.75, 3.05) is 13.7 Å². The van der Waals surface area contributed by atoms with Gasteiger partial charge in [0.1, 0.15) is 0 Å². The van der Waals surface area contributed by atoms with Gasteiger partial charge >= 0.3 is 0 Å². The summed E-state index contributed by atoms with van der Waals surface area (Å²) in [7, 11) is 1.79. The van der Waals surface area contributed by atoms with Crippen LogP contribution in [0.4, 0.5) is 0 Å². The lowest BCUT2D eigenvalue weighted by Crippen LogP contribution is -2.36. The highest BCUT2D eigenvalue weighted by Gasteiger charge is 2.33. The molecule has 92 valence electrons. The van der Waals surface area contributed by atoms with Crippen LogP contribution in [0.5, 0.6) is 0 Å². The van der Waals surface area contributed by atoms with E-state index in [4.69, 9.17) is 4.74 Å². The lowest BCUT2D eigenvalue weighted by atomic mass is 9.76. The topological polar surface area (TPSA) is 38.3 Å². The number of carbonyl (C=O) groups is 1. The van der Waals surface area contributed by atoms with Gasteiger partial charge in [0.25, 0.3) is 0 Å². The molecule has 3 unspecified atom stereocenters. The summed E-state index contributed by atoms with van der Waals surface area (Å²) in [6.45, 7) is 0.871. The number of carbonyl (C=O) groups excluding carboxylic acids is 1. The van der Waals surface area contributed by atoms with Crippen LogP contribution >= 0.6 is 0 Å². The summed E-state index contributed by atoms with van der Waals surface area (Å²) < 4.78 is 5.45. The van der Waals surface area contributed by atoms with Crippen LogP contribution in [0.25, 0.3) is 0 Å². The summed E-state index contributed by atoms with van der Waals surface area (Å²) >= 11 is 0. The highest BCUT2D eigenvalue weighted by Crippen LogP contribution is 2.34. The maximum Gasteiger partial charge on any atom is 0.223 e. The number of rotatable bonds is 2. The molecule has 1 saturated heterocycles. The Morgan fingerprint density at radius 1 is 1.19 bits per heavy atom. The Bertz CT molecular complexity index is 242. The highest BCUT2D eigenvalue weighted by atomic mass is 16.5. The molecule has 1 saturated carbocycles. The molecule has 2 rings (SSSR count). The number of nitrogens with one attached hydrogen (secondary N) is 1. The van der Waals surface area contributed by atoms with E-state index in [-0.39, 0.29) is 5.92 Å². The van der Waals surface area contributed by atoms with Crippen LogP contribution in [0, 0.1) is 11.8 Å². The molecule has 3 atom stereocenters. The molecule has 1 aliphatic heterocycles. The van der Waals surface area contributed by atoms with Crippen LogP contribution in [0.1, 0.15) is 44.9 Å². The lowest BCUT2D eigenvalue weighted by molar-refractivity contribution is -0.127. The zero-order chi connectivity index (χ0) is 11.4. The van der Waals surface area contributed by atoms with Gasteiger partial charge in [0.05, 0.1) is 6.10 Å². The molecule has 0 aromatic carbocycles. The lowest BCUT2D eigenvalue weighted by Gasteiger charge is -2.32. The third-order valence-corrected chi connectivity index (χ3v) is 4.15. The summed E-state index contributed by atoms with van der Waals surface area (Å²) in [4.78, 5) is 12.0. The minimum atomic E-state index is 0.250. The molecule has 3 heteroatoms. The molecule has 0 spiro atoms. The van der Waals surface area contributed by atoms with Crippen LogP contribution in [0.15, 0.2) is 0 Å². The van der Waals surface area contributed by atoms with E-state index in [1.807, 2.05) is 0 Å². The average Bonchev–Trinajstić information content (AvgIpc) is 2.54. The molecule has 0 radical (unpaired) electrons. The van der Waals surface area contributed by atoms with Crippen LogP contribution in [-0.2, 0) is 9.53 Å². The van der Waals surface area contributed by atoms with Crippen molar-refractivity contribution in [1.82, 2.24) is 5.32 Å². The van der Waals surface area contributed by atoms with Crippen molar-refractivity contribution in [2.45, 2.75) is 51.0 Å². The van der Waals surface area contributed by atoms with Gasteiger partial charge in [0.15, 0.2) is 0 Å². The summed E-state index contributed by atoms with van der Waals surface area (Å²) in [5, 5.41) is 3.04. The molecule has 3 nitrogen and oxygen atoms in total. The van der Waals surface area contributed by atoms with Gasteiger partial charge in [-0.05, 0) is 38.0 Å². The Labute approximate surface area is 97.9 Å². The third-order valence-electron chi connectivity index (χ3n) is 4.15. The summed E-state index contributed by atoms with van der Waals surface area (Å²) in [5.74, 6) is 1.09. The van der Waals surface area contributed by atoms with Gasteiger partial charge in [0, 0.05) is 19.6 Å². The Balaban J connectivity index is 1.95. The number of hydrogen-bond acceptors (Lipinski definition) is 2. The first-order valence-electron chi connectivity index (χ1n) is 6.61. The Kier molecular flexibility index (Phi) is 4.22. The van der Waals surface area contributed by atoms with Gasteiger partial charge in [-0.2, -0.15) is 0 Å². The van der Waals surface area contributed by atoms with Crippen LogP contribution in [0.2, 0.25) is 0 Å². The largest absolute Gasteiger partial charge is 0.381 e. The quantitative estimate of drug-likeness (QED) is 0.781. The van der Waals surface area contributed by atoms with E-state index in [9.17, 15) is 4.79 Å². The zero-order valence-electron chi connectivity index (χ0n) is 10.2. The predicted molar refractivity (Wildman–Crippen MR) is 63.1 cm³/mol. The van der Waals surface area contributed by atoms with Gasteiger partial charge in [0.2, 0.25) is 5.91 Å². The van der Waals surface area contributed by atoms with Gasteiger partial charge in [-0.15, -0.1) is 0 Å². The van der Waals surface area contributed by atoms with Crippen molar-refractivity contribution < 1.29 is 9.53 Å². The SMILES string of the molecule is COC1CCCC(C2CCCCNC2=O)C1. The number of methoxy groups -OCH3 is 1. The van der Waals surface area contributed by atoms with Crippen LogP contribution in [0.3, 0.4) is 0 Å². The molecule has 1 aliphatic carbocycles. The molecule has 1 amide bonds. The van der Waals surface area contributed by atoms with Crippen molar-refractivity contribution in [3.05, 3.63) is 0 Å². The van der Waals surface area contributed by atoms with Crippen LogP contribution < -0.4 is 5.32 Å². The molecular weight excluding hydrogens is 202 g/mol. The number of ether oxygens (including phenoxy) is 1. The maximum atomic E-state index is 12.0. The van der Waals surface area contributed by atoms with Crippen molar-refractivity contribution in [3.8, 4) is 0 Å². The smallest absolute Gasteiger partial charge is 0.223 e. The fourth-order valence-electron chi connectivity index (χ4n) is 3.17. The standard InChI is InChI=1S/C13H23NO2/c1-16-11-6-4-5-10(9-11)12-7-2-3-8-14-13(12)15/h10-12H,2-9H2,1H3,(H,14,15). The van der Waals surface area contributed by atoms with Gasteiger partial charge in [-0.3, -0.25) is 4.79 Å². The molecule has 0 aromatic rings. The van der Waals surface area contributed by atoms with E-state index in [1.165, 1.54) is 25.7 Å². The monoisotopic (exact) mass is 225 g/mol. The third kappa shape index (κ3) is 2.76. The normalized spacial score (nSPS) is 36.6. The van der Waals surface area contributed by atoms with E-state index in [1.54, 1.807) is 7.11 Å². The zero-order valence-corrected chi connectivity index (χ0v) is 10.2. The van der Waals surface area contributed by atoms with Gasteiger partial charge < -0.3 is 10.1 Å². The molecule has 2 aliphatic rings.